The molecule has 8 heteroatoms. The Labute approximate surface area is 184 Å². The van der Waals surface area contributed by atoms with Crippen LogP contribution in [0.3, 0.4) is 0 Å². The minimum Gasteiger partial charge on any atom is -0.481 e. The maximum atomic E-state index is 11.3. The molecule has 2 heterocycles. The predicted octanol–water partition coefficient (Wildman–Crippen LogP) is 4.83. The zero-order valence-electron chi connectivity index (χ0n) is 17.4. The van der Waals surface area contributed by atoms with Gasteiger partial charge >= 0.3 is 5.97 Å². The van der Waals surface area contributed by atoms with Crippen molar-refractivity contribution in [2.75, 3.05) is 10.6 Å². The number of carbonyl (C=O) groups excluding carboxylic acids is 1. The Morgan fingerprint density at radius 2 is 1.90 bits per heavy atom. The number of carboxylic acids is 1. The number of benzene rings is 1. The van der Waals surface area contributed by atoms with Crippen LogP contribution < -0.4 is 10.6 Å². The van der Waals surface area contributed by atoms with E-state index in [1.807, 2.05) is 37.3 Å². The molecule has 3 rings (SSSR count). The number of amides is 1. The maximum Gasteiger partial charge on any atom is 0.307 e. The number of hydrogen-bond donors (Lipinski definition) is 3. The number of anilines is 3. The molecule has 1 amide bonds. The molecule has 1 aromatic carbocycles. The summed E-state index contributed by atoms with van der Waals surface area (Å²) >= 11 is 1.41. The van der Waals surface area contributed by atoms with Crippen molar-refractivity contribution in [3.8, 4) is 10.7 Å². The Morgan fingerprint density at radius 3 is 2.52 bits per heavy atom. The quantitative estimate of drug-likeness (QED) is 0.415. The number of allylic oxidation sites excluding steroid dienone is 1. The number of thiophene rings is 1. The third-order valence-corrected chi connectivity index (χ3v) is 5.47. The van der Waals surface area contributed by atoms with Gasteiger partial charge in [-0.1, -0.05) is 25.1 Å². The molecule has 7 nitrogen and oxygen atoms in total. The molecule has 0 radical (unpaired) electrons. The molecule has 160 valence electrons. The summed E-state index contributed by atoms with van der Waals surface area (Å²) in [7, 11) is 0. The average Bonchev–Trinajstić information content (AvgIpc) is 3.18. The van der Waals surface area contributed by atoms with E-state index in [0.717, 1.165) is 38.8 Å². The predicted molar refractivity (Wildman–Crippen MR) is 124 cm³/mol. The van der Waals surface area contributed by atoms with E-state index in [1.54, 1.807) is 12.1 Å². The second-order valence-electron chi connectivity index (χ2n) is 6.90. The molecule has 0 aliphatic rings. The van der Waals surface area contributed by atoms with Gasteiger partial charge in [-0.2, -0.15) is 0 Å². The Morgan fingerprint density at radius 1 is 1.16 bits per heavy atom. The fraction of sp³-hybridized carbons (Fsp3) is 0.217. The van der Waals surface area contributed by atoms with Gasteiger partial charge in [-0.3, -0.25) is 9.59 Å². The minimum absolute atomic E-state index is 0.0192. The number of nitrogens with zero attached hydrogens (tertiary/aromatic N) is 2. The average molecular weight is 437 g/mol. The van der Waals surface area contributed by atoms with Gasteiger partial charge in [-0.25, -0.2) is 9.97 Å². The zero-order valence-corrected chi connectivity index (χ0v) is 18.3. The molecule has 31 heavy (non-hydrogen) atoms. The summed E-state index contributed by atoms with van der Waals surface area (Å²) in [5, 5.41) is 15.8. The monoisotopic (exact) mass is 436 g/mol. The summed E-state index contributed by atoms with van der Waals surface area (Å²) in [4.78, 5) is 32.6. The lowest BCUT2D eigenvalue weighted by molar-refractivity contribution is -0.136. The highest BCUT2D eigenvalue weighted by molar-refractivity contribution is 7.19. The van der Waals surface area contributed by atoms with Crippen LogP contribution in [0.5, 0.6) is 0 Å². The van der Waals surface area contributed by atoms with E-state index in [1.165, 1.54) is 18.3 Å². The standard InChI is InChI=1S/C23H24N4O3S/c1-4-6-17-18(5-2)26-23(19-11-12-20(31-19)24-14(3)28)27-22(17)25-16-9-7-15(8-10-16)13-21(29)30/h4,7-12H,1,5-6,13H2,2-3H3,(H,24,28)(H,29,30)(H,25,26,27). The molecule has 3 aromatic rings. The molecule has 0 saturated heterocycles. The number of rotatable bonds is 9. The third-order valence-electron chi connectivity index (χ3n) is 4.47. The molecule has 0 spiro atoms. The van der Waals surface area contributed by atoms with E-state index in [9.17, 15) is 9.59 Å². The number of aryl methyl sites for hydroxylation is 1. The number of aromatic nitrogens is 2. The molecule has 0 unspecified atom stereocenters. The largest absolute Gasteiger partial charge is 0.481 e. The van der Waals surface area contributed by atoms with E-state index in [0.29, 0.717) is 18.1 Å². The summed E-state index contributed by atoms with van der Waals surface area (Å²) in [5.41, 5.74) is 3.42. The van der Waals surface area contributed by atoms with Crippen LogP contribution in [-0.4, -0.2) is 27.0 Å². The topological polar surface area (TPSA) is 104 Å². The molecular weight excluding hydrogens is 412 g/mol. The van der Waals surface area contributed by atoms with E-state index in [2.05, 4.69) is 17.2 Å². The number of carbonyl (C=O) groups is 2. The maximum absolute atomic E-state index is 11.3. The van der Waals surface area contributed by atoms with Gasteiger partial charge in [0.05, 0.1) is 16.3 Å². The summed E-state index contributed by atoms with van der Waals surface area (Å²) in [5.74, 6) is 0.272. The molecule has 0 aliphatic heterocycles. The lowest BCUT2D eigenvalue weighted by Gasteiger charge is -2.15. The van der Waals surface area contributed by atoms with Crippen molar-refractivity contribution in [1.29, 1.82) is 0 Å². The van der Waals surface area contributed by atoms with Crippen molar-refractivity contribution >= 4 is 39.7 Å². The normalized spacial score (nSPS) is 10.5. The van der Waals surface area contributed by atoms with Crippen LogP contribution in [0.25, 0.3) is 10.7 Å². The first kappa shape index (κ1) is 22.2. The zero-order chi connectivity index (χ0) is 22.4. The molecule has 0 saturated carbocycles. The highest BCUT2D eigenvalue weighted by Gasteiger charge is 2.16. The Hall–Kier alpha value is -3.52. The Bertz CT molecular complexity index is 1110. The van der Waals surface area contributed by atoms with Crippen LogP contribution in [0.15, 0.2) is 49.1 Å². The van der Waals surface area contributed by atoms with Crippen molar-refractivity contribution < 1.29 is 14.7 Å². The summed E-state index contributed by atoms with van der Waals surface area (Å²) in [6.45, 7) is 7.37. The van der Waals surface area contributed by atoms with Crippen LogP contribution >= 0.6 is 11.3 Å². The second kappa shape index (κ2) is 9.99. The number of aliphatic carboxylic acids is 1. The fourth-order valence-electron chi connectivity index (χ4n) is 3.11. The highest BCUT2D eigenvalue weighted by Crippen LogP contribution is 2.32. The van der Waals surface area contributed by atoms with Gasteiger partial charge < -0.3 is 15.7 Å². The van der Waals surface area contributed by atoms with Gasteiger partial charge in [-0.15, -0.1) is 17.9 Å². The molecule has 0 bridgehead atoms. The molecule has 0 fully saturated rings. The van der Waals surface area contributed by atoms with Gasteiger partial charge in [0.1, 0.15) is 5.82 Å². The van der Waals surface area contributed by atoms with Gasteiger partial charge in [0.15, 0.2) is 5.82 Å². The van der Waals surface area contributed by atoms with E-state index in [4.69, 9.17) is 15.1 Å². The third kappa shape index (κ3) is 5.76. The number of hydrogen-bond acceptors (Lipinski definition) is 6. The SMILES string of the molecule is C=CCc1c(CC)nc(-c2ccc(NC(C)=O)s2)nc1Nc1ccc(CC(=O)O)cc1. The molecular formula is C23H24N4O3S. The van der Waals surface area contributed by atoms with Crippen LogP contribution in [0, 0.1) is 0 Å². The first-order valence-corrected chi connectivity index (χ1v) is 10.7. The van der Waals surface area contributed by atoms with Crippen molar-refractivity contribution in [2.45, 2.75) is 33.1 Å². The minimum atomic E-state index is -0.864. The summed E-state index contributed by atoms with van der Waals surface area (Å²) in [6.07, 6.45) is 3.15. The fourth-order valence-corrected chi connectivity index (χ4v) is 4.00. The van der Waals surface area contributed by atoms with Gasteiger partial charge in [-0.05, 0) is 42.7 Å². The highest BCUT2D eigenvalue weighted by atomic mass is 32.1. The molecule has 3 N–H and O–H groups in total. The molecule has 0 atom stereocenters. The first-order chi connectivity index (χ1) is 14.9. The van der Waals surface area contributed by atoms with Crippen molar-refractivity contribution in [3.63, 3.8) is 0 Å². The van der Waals surface area contributed by atoms with Gasteiger partial charge in [0.25, 0.3) is 0 Å². The van der Waals surface area contributed by atoms with Crippen molar-refractivity contribution in [2.24, 2.45) is 0 Å². The second-order valence-corrected chi connectivity index (χ2v) is 7.99. The van der Waals surface area contributed by atoms with Crippen LogP contribution in [-0.2, 0) is 28.9 Å². The lowest BCUT2D eigenvalue weighted by atomic mass is 10.1. The molecule has 2 aromatic heterocycles. The molecule has 0 aliphatic carbocycles. The van der Waals surface area contributed by atoms with E-state index in [-0.39, 0.29) is 12.3 Å². The van der Waals surface area contributed by atoms with Gasteiger partial charge in [0.2, 0.25) is 5.91 Å². The van der Waals surface area contributed by atoms with Crippen LogP contribution in [0.4, 0.5) is 16.5 Å². The number of nitrogens with one attached hydrogen (secondary N) is 2. The van der Waals surface area contributed by atoms with E-state index < -0.39 is 5.97 Å². The Balaban J connectivity index is 1.97. The number of carboxylic acid groups (broad SMARTS) is 1. The summed E-state index contributed by atoms with van der Waals surface area (Å²) < 4.78 is 0. The van der Waals surface area contributed by atoms with Gasteiger partial charge in [0, 0.05) is 23.9 Å². The van der Waals surface area contributed by atoms with Crippen LogP contribution in [0.1, 0.15) is 30.7 Å². The lowest BCUT2D eigenvalue weighted by Crippen LogP contribution is -2.07. The summed E-state index contributed by atoms with van der Waals surface area (Å²) in [6, 6.07) is 11.0. The van der Waals surface area contributed by atoms with E-state index >= 15 is 0 Å². The van der Waals surface area contributed by atoms with Crippen LogP contribution in [0.2, 0.25) is 0 Å². The first-order valence-electron chi connectivity index (χ1n) is 9.85. The Kier molecular flexibility index (Phi) is 7.15. The van der Waals surface area contributed by atoms with Crippen molar-refractivity contribution in [3.05, 3.63) is 65.9 Å². The van der Waals surface area contributed by atoms with Crippen molar-refractivity contribution in [1.82, 2.24) is 9.97 Å². The smallest absolute Gasteiger partial charge is 0.307 e.